The van der Waals surface area contributed by atoms with Crippen LogP contribution in [0.5, 0.6) is 0 Å². The summed E-state index contributed by atoms with van der Waals surface area (Å²) in [6.07, 6.45) is 11.0. The average molecular weight is 149 g/mol. The summed E-state index contributed by atoms with van der Waals surface area (Å²) >= 11 is 0. The van der Waals surface area contributed by atoms with Crippen LogP contribution in [0.1, 0.15) is 0 Å². The minimum Gasteiger partial charge on any atom is -0.341 e. The molecule has 0 aromatic heterocycles. The van der Waals surface area contributed by atoms with Crippen molar-refractivity contribution in [2.24, 2.45) is 0 Å². The number of nitrogens with zero attached hydrogens (tertiary/aromatic N) is 1. The van der Waals surface area contributed by atoms with Crippen molar-refractivity contribution >= 4 is 0 Å². The Labute approximate surface area is 64.8 Å². The van der Waals surface area contributed by atoms with Crippen molar-refractivity contribution < 1.29 is 4.39 Å². The second-order valence-corrected chi connectivity index (χ2v) is 2.53. The highest BCUT2D eigenvalue weighted by Gasteiger charge is 2.11. The Bertz CT molecular complexity index is 284. The van der Waals surface area contributed by atoms with E-state index in [1.165, 1.54) is 6.08 Å². The molecule has 0 fully saturated rings. The smallest absolute Gasteiger partial charge is 0.120 e. The second-order valence-electron chi connectivity index (χ2n) is 2.53. The van der Waals surface area contributed by atoms with Crippen LogP contribution in [-0.4, -0.2) is 11.4 Å². The lowest BCUT2D eigenvalue weighted by Gasteiger charge is -2.24. The number of fused-ring (bicyclic) bond motifs is 1. The van der Waals surface area contributed by atoms with E-state index in [2.05, 4.69) is 0 Å². The zero-order valence-electron chi connectivity index (χ0n) is 6.00. The van der Waals surface area contributed by atoms with Crippen LogP contribution in [-0.2, 0) is 0 Å². The minimum absolute atomic E-state index is 0.0892. The molecule has 0 saturated heterocycles. The van der Waals surface area contributed by atoms with E-state index >= 15 is 0 Å². The molecule has 0 atom stereocenters. The van der Waals surface area contributed by atoms with Crippen LogP contribution in [0.2, 0.25) is 0 Å². The third-order valence-corrected chi connectivity index (χ3v) is 1.73. The molecular formula is C9H8FN. The predicted octanol–water partition coefficient (Wildman–Crippen LogP) is 2.12. The molecule has 2 aliphatic heterocycles. The fourth-order valence-corrected chi connectivity index (χ4v) is 1.18. The third kappa shape index (κ3) is 1.11. The van der Waals surface area contributed by atoms with E-state index < -0.39 is 0 Å². The molecule has 2 aliphatic rings. The largest absolute Gasteiger partial charge is 0.341 e. The van der Waals surface area contributed by atoms with Gasteiger partial charge < -0.3 is 4.90 Å². The highest BCUT2D eigenvalue weighted by Crippen LogP contribution is 2.19. The zero-order chi connectivity index (χ0) is 7.68. The van der Waals surface area contributed by atoms with Crippen molar-refractivity contribution in [2.45, 2.75) is 0 Å². The Kier molecular flexibility index (Phi) is 1.39. The van der Waals surface area contributed by atoms with Gasteiger partial charge >= 0.3 is 0 Å². The van der Waals surface area contributed by atoms with Crippen LogP contribution < -0.4 is 0 Å². The summed E-state index contributed by atoms with van der Waals surface area (Å²) in [6, 6.07) is 0. The van der Waals surface area contributed by atoms with E-state index in [1.807, 2.05) is 29.3 Å². The summed E-state index contributed by atoms with van der Waals surface area (Å²) in [5.41, 5.74) is 1.05. The Hall–Kier alpha value is -1.31. The summed E-state index contributed by atoms with van der Waals surface area (Å²) in [4.78, 5) is 1.87. The van der Waals surface area contributed by atoms with Crippen molar-refractivity contribution in [3.05, 3.63) is 48.1 Å². The SMILES string of the molecule is FC1=CC=C2C=CC=CN2C1. The van der Waals surface area contributed by atoms with Crippen molar-refractivity contribution in [1.29, 1.82) is 0 Å². The lowest BCUT2D eigenvalue weighted by Crippen LogP contribution is -2.20. The number of allylic oxidation sites excluding steroid dienone is 5. The van der Waals surface area contributed by atoms with Gasteiger partial charge in [-0.3, -0.25) is 0 Å². The van der Waals surface area contributed by atoms with Crippen LogP contribution in [0, 0.1) is 0 Å². The fourth-order valence-electron chi connectivity index (χ4n) is 1.18. The summed E-state index contributed by atoms with van der Waals surface area (Å²) in [5.74, 6) is -0.0892. The number of hydrogen-bond donors (Lipinski definition) is 0. The maximum absolute atomic E-state index is 12.7. The van der Waals surface area contributed by atoms with E-state index in [-0.39, 0.29) is 5.83 Å². The van der Waals surface area contributed by atoms with Gasteiger partial charge in [-0.25, -0.2) is 4.39 Å². The molecule has 0 spiro atoms. The molecule has 0 unspecified atom stereocenters. The second kappa shape index (κ2) is 2.38. The minimum atomic E-state index is -0.0892. The van der Waals surface area contributed by atoms with Gasteiger partial charge in [0, 0.05) is 11.9 Å². The van der Waals surface area contributed by atoms with Crippen LogP contribution >= 0.6 is 0 Å². The van der Waals surface area contributed by atoms with Crippen LogP contribution in [0.4, 0.5) is 4.39 Å². The van der Waals surface area contributed by atoms with Gasteiger partial charge in [0.15, 0.2) is 0 Å². The number of rotatable bonds is 0. The molecule has 56 valence electrons. The van der Waals surface area contributed by atoms with Gasteiger partial charge in [-0.05, 0) is 24.3 Å². The first kappa shape index (κ1) is 6.40. The standard InChI is InChI=1S/C9H8FN/c10-8-4-5-9-3-1-2-6-11(9)7-8/h1-6H,7H2. The number of halogens is 1. The van der Waals surface area contributed by atoms with Gasteiger partial charge in [0.1, 0.15) is 5.83 Å². The zero-order valence-corrected chi connectivity index (χ0v) is 6.00. The lowest BCUT2D eigenvalue weighted by molar-refractivity contribution is 0.443. The topological polar surface area (TPSA) is 3.24 Å². The van der Waals surface area contributed by atoms with E-state index in [9.17, 15) is 4.39 Å². The van der Waals surface area contributed by atoms with Crippen molar-refractivity contribution in [2.75, 3.05) is 6.54 Å². The molecular weight excluding hydrogens is 141 g/mol. The number of hydrogen-bond acceptors (Lipinski definition) is 1. The molecule has 2 heteroatoms. The summed E-state index contributed by atoms with van der Waals surface area (Å²) in [7, 11) is 0. The Morgan fingerprint density at radius 1 is 1.27 bits per heavy atom. The van der Waals surface area contributed by atoms with Crippen LogP contribution in [0.3, 0.4) is 0 Å². The molecule has 0 N–H and O–H groups in total. The molecule has 1 nitrogen and oxygen atoms in total. The Morgan fingerprint density at radius 2 is 2.18 bits per heavy atom. The molecule has 0 aliphatic carbocycles. The third-order valence-electron chi connectivity index (χ3n) is 1.73. The van der Waals surface area contributed by atoms with Crippen molar-refractivity contribution in [3.63, 3.8) is 0 Å². The first-order valence-corrected chi connectivity index (χ1v) is 3.54. The lowest BCUT2D eigenvalue weighted by atomic mass is 10.2. The highest BCUT2D eigenvalue weighted by molar-refractivity contribution is 5.34. The van der Waals surface area contributed by atoms with Crippen molar-refractivity contribution in [1.82, 2.24) is 4.90 Å². The van der Waals surface area contributed by atoms with Gasteiger partial charge in [0.2, 0.25) is 0 Å². The average Bonchev–Trinajstić information content (AvgIpc) is 2.04. The maximum Gasteiger partial charge on any atom is 0.120 e. The van der Waals surface area contributed by atoms with Crippen LogP contribution in [0.25, 0.3) is 0 Å². The molecule has 2 rings (SSSR count). The van der Waals surface area contributed by atoms with E-state index in [4.69, 9.17) is 0 Å². The van der Waals surface area contributed by atoms with Crippen molar-refractivity contribution in [3.8, 4) is 0 Å². The van der Waals surface area contributed by atoms with E-state index in [0.29, 0.717) is 6.54 Å². The predicted molar refractivity (Wildman–Crippen MR) is 42.3 cm³/mol. The molecule has 0 aromatic rings. The molecule has 2 heterocycles. The molecule has 0 aromatic carbocycles. The molecule has 0 radical (unpaired) electrons. The normalized spacial score (nSPS) is 21.0. The van der Waals surface area contributed by atoms with Gasteiger partial charge in [-0.2, -0.15) is 0 Å². The molecule has 0 saturated carbocycles. The molecule has 11 heavy (non-hydrogen) atoms. The first-order chi connectivity index (χ1) is 5.36. The fraction of sp³-hybridized carbons (Fsp3) is 0.111. The summed E-state index contributed by atoms with van der Waals surface area (Å²) in [6.45, 7) is 0.368. The van der Waals surface area contributed by atoms with E-state index in [0.717, 1.165) is 5.70 Å². The summed E-state index contributed by atoms with van der Waals surface area (Å²) < 4.78 is 12.7. The first-order valence-electron chi connectivity index (χ1n) is 3.54. The quantitative estimate of drug-likeness (QED) is 0.510. The van der Waals surface area contributed by atoms with Gasteiger partial charge in [0.05, 0.1) is 6.54 Å². The van der Waals surface area contributed by atoms with Gasteiger partial charge in [0.25, 0.3) is 0 Å². The van der Waals surface area contributed by atoms with Crippen LogP contribution in [0.15, 0.2) is 48.1 Å². The Morgan fingerprint density at radius 3 is 3.09 bits per heavy atom. The summed E-state index contributed by atoms with van der Waals surface area (Å²) in [5, 5.41) is 0. The van der Waals surface area contributed by atoms with E-state index in [1.54, 1.807) is 6.08 Å². The highest BCUT2D eigenvalue weighted by atomic mass is 19.1. The maximum atomic E-state index is 12.7. The Balaban J connectivity index is 2.33. The van der Waals surface area contributed by atoms with Gasteiger partial charge in [-0.15, -0.1) is 0 Å². The molecule has 0 bridgehead atoms. The monoisotopic (exact) mass is 149 g/mol. The van der Waals surface area contributed by atoms with Gasteiger partial charge in [-0.1, -0.05) is 6.08 Å². The molecule has 0 amide bonds.